The summed E-state index contributed by atoms with van der Waals surface area (Å²) in [7, 11) is 0. The Balaban J connectivity index is 1.84. The molecule has 6 nitrogen and oxygen atoms in total. The topological polar surface area (TPSA) is 78.9 Å². The van der Waals surface area contributed by atoms with Crippen molar-refractivity contribution in [2.75, 3.05) is 0 Å². The summed E-state index contributed by atoms with van der Waals surface area (Å²) >= 11 is -4.41. The van der Waals surface area contributed by atoms with E-state index >= 15 is 0 Å². The molecule has 3 rings (SSSR count). The van der Waals surface area contributed by atoms with Gasteiger partial charge in [0.1, 0.15) is 0 Å². The van der Waals surface area contributed by atoms with E-state index in [1.54, 1.807) is 54.6 Å². The number of carbonyl (C=O) groups excluding carboxylic acids is 3. The number of aryl methyl sites for hydroxylation is 6. The van der Waals surface area contributed by atoms with Gasteiger partial charge >= 0.3 is 210 Å². The molecule has 0 spiro atoms. The van der Waals surface area contributed by atoms with Crippen LogP contribution < -0.4 is 0 Å². The van der Waals surface area contributed by atoms with Gasteiger partial charge in [-0.05, 0) is 0 Å². The quantitative estimate of drug-likeness (QED) is 0.401. The van der Waals surface area contributed by atoms with E-state index in [9.17, 15) is 14.4 Å². The molecule has 0 unspecified atom stereocenters. The van der Waals surface area contributed by atoms with Crippen molar-refractivity contribution in [2.45, 2.75) is 41.5 Å². The molecule has 174 valence electrons. The third-order valence-corrected chi connectivity index (χ3v) is 9.32. The van der Waals surface area contributed by atoms with E-state index in [0.717, 1.165) is 33.4 Å². The standard InChI is InChI=1S/3C9H10O2.In/c3*1-6-3-4-8(9(10)11)5-7(6)2;/h3*3-5H,1-2H3,(H,10,11);/q;;;+3/p-3. The Labute approximate surface area is 209 Å². The normalized spacial score (nSPS) is 10.4. The Hall–Kier alpha value is -3.06. The van der Waals surface area contributed by atoms with Gasteiger partial charge in [-0.3, -0.25) is 0 Å². The van der Waals surface area contributed by atoms with Crippen LogP contribution in [0.5, 0.6) is 0 Å². The van der Waals surface area contributed by atoms with Crippen molar-refractivity contribution in [1.82, 2.24) is 0 Å². The maximum absolute atomic E-state index is 12.8. The Kier molecular flexibility index (Phi) is 8.20. The van der Waals surface area contributed by atoms with E-state index in [4.69, 9.17) is 8.56 Å². The zero-order valence-electron chi connectivity index (χ0n) is 20.2. The summed E-state index contributed by atoms with van der Waals surface area (Å²) in [6, 6.07) is 15.4. The first kappa shape index (κ1) is 25.6. The molecule has 0 radical (unpaired) electrons. The summed E-state index contributed by atoms with van der Waals surface area (Å²) in [5, 5.41) is 0. The summed E-state index contributed by atoms with van der Waals surface area (Å²) in [5.41, 5.74) is 6.73. The Morgan fingerprint density at radius 3 is 0.971 bits per heavy atom. The first-order valence-corrected chi connectivity index (χ1v) is 14.9. The van der Waals surface area contributed by atoms with Crippen LogP contribution in [0.2, 0.25) is 0 Å². The molecule has 0 atom stereocenters. The van der Waals surface area contributed by atoms with Crippen LogP contribution in [-0.2, 0) is 8.56 Å². The molecule has 0 bridgehead atoms. The third-order valence-electron chi connectivity index (χ3n) is 5.84. The van der Waals surface area contributed by atoms with Gasteiger partial charge in [-0.25, -0.2) is 0 Å². The van der Waals surface area contributed by atoms with Crippen molar-refractivity contribution in [1.29, 1.82) is 0 Å². The molecule has 0 aliphatic heterocycles. The summed E-state index contributed by atoms with van der Waals surface area (Å²) in [4.78, 5) is 38.4. The molecule has 0 aliphatic rings. The Morgan fingerprint density at radius 2 is 0.735 bits per heavy atom. The van der Waals surface area contributed by atoms with Crippen LogP contribution in [0.1, 0.15) is 64.5 Å². The molecule has 34 heavy (non-hydrogen) atoms. The van der Waals surface area contributed by atoms with Crippen LogP contribution >= 0.6 is 0 Å². The van der Waals surface area contributed by atoms with Gasteiger partial charge in [0.15, 0.2) is 0 Å². The van der Waals surface area contributed by atoms with E-state index in [2.05, 4.69) is 0 Å². The zero-order chi connectivity index (χ0) is 25.0. The van der Waals surface area contributed by atoms with Gasteiger partial charge in [0.2, 0.25) is 0 Å². The maximum atomic E-state index is 12.8. The molecule has 0 saturated carbocycles. The van der Waals surface area contributed by atoms with Gasteiger partial charge in [-0.1, -0.05) is 0 Å². The van der Waals surface area contributed by atoms with Gasteiger partial charge in [0, 0.05) is 0 Å². The van der Waals surface area contributed by atoms with Gasteiger partial charge in [0.05, 0.1) is 0 Å². The first-order valence-electron chi connectivity index (χ1n) is 10.9. The average Bonchev–Trinajstić information content (AvgIpc) is 2.79. The molecular formula is C27H27InO6. The fraction of sp³-hybridized carbons (Fsp3) is 0.222. The van der Waals surface area contributed by atoms with Crippen LogP contribution in [0, 0.1) is 41.5 Å². The minimum atomic E-state index is -4.41. The molecule has 0 fully saturated rings. The predicted octanol–water partition coefficient (Wildman–Crippen LogP) is 5.39. The number of hydrogen-bond acceptors (Lipinski definition) is 6. The van der Waals surface area contributed by atoms with Crippen LogP contribution in [0.25, 0.3) is 0 Å². The second kappa shape index (κ2) is 10.9. The molecule has 0 aromatic heterocycles. The van der Waals surface area contributed by atoms with Crippen molar-refractivity contribution in [3.63, 3.8) is 0 Å². The van der Waals surface area contributed by atoms with Crippen LogP contribution in [0.3, 0.4) is 0 Å². The van der Waals surface area contributed by atoms with E-state index in [-0.39, 0.29) is 0 Å². The van der Waals surface area contributed by atoms with E-state index in [1.165, 1.54) is 0 Å². The average molecular weight is 562 g/mol. The van der Waals surface area contributed by atoms with Crippen molar-refractivity contribution in [3.05, 3.63) is 105 Å². The van der Waals surface area contributed by atoms with Crippen molar-refractivity contribution in [2.24, 2.45) is 0 Å². The van der Waals surface area contributed by atoms with Gasteiger partial charge < -0.3 is 0 Å². The fourth-order valence-electron chi connectivity index (χ4n) is 3.14. The molecule has 0 heterocycles. The number of benzene rings is 3. The minimum absolute atomic E-state index is 0.300. The molecule has 7 heteroatoms. The molecule has 0 amide bonds. The van der Waals surface area contributed by atoms with Crippen LogP contribution in [0.15, 0.2) is 54.6 Å². The second-order valence-electron chi connectivity index (χ2n) is 8.40. The summed E-state index contributed by atoms with van der Waals surface area (Å²) in [6.07, 6.45) is 0. The van der Waals surface area contributed by atoms with Gasteiger partial charge in [0.25, 0.3) is 0 Å². The number of carbonyl (C=O) groups is 3. The van der Waals surface area contributed by atoms with Gasteiger partial charge in [-0.2, -0.15) is 0 Å². The number of hydrogen-bond donors (Lipinski definition) is 0. The SMILES string of the molecule is Cc1ccc(C(=O)[O][In]([O]C(=O)c2ccc(C)c(C)c2)[O]C(=O)c2ccc(C)c(C)c2)cc1C. The second-order valence-corrected chi connectivity index (χ2v) is 12.1. The predicted molar refractivity (Wildman–Crippen MR) is 130 cm³/mol. The molecular weight excluding hydrogens is 535 g/mol. The summed E-state index contributed by atoms with van der Waals surface area (Å²) in [5.74, 6) is -2.07. The summed E-state index contributed by atoms with van der Waals surface area (Å²) in [6.45, 7) is 11.4. The molecule has 0 aliphatic carbocycles. The van der Waals surface area contributed by atoms with Crippen molar-refractivity contribution >= 4 is 40.7 Å². The Bertz CT molecular complexity index is 1110. The zero-order valence-corrected chi connectivity index (χ0v) is 23.5. The fourth-order valence-corrected chi connectivity index (χ4v) is 6.22. The van der Waals surface area contributed by atoms with Gasteiger partial charge in [-0.15, -0.1) is 0 Å². The van der Waals surface area contributed by atoms with Crippen molar-refractivity contribution in [3.8, 4) is 0 Å². The molecule has 3 aromatic rings. The van der Waals surface area contributed by atoms with E-state index in [0.29, 0.717) is 16.7 Å². The Morgan fingerprint density at radius 1 is 0.471 bits per heavy atom. The molecule has 3 aromatic carbocycles. The summed E-state index contributed by atoms with van der Waals surface area (Å²) < 4.78 is 16.5. The third kappa shape index (κ3) is 6.29. The van der Waals surface area contributed by atoms with E-state index < -0.39 is 40.7 Å². The monoisotopic (exact) mass is 562 g/mol. The number of rotatable bonds is 6. The van der Waals surface area contributed by atoms with Crippen molar-refractivity contribution < 1.29 is 22.9 Å². The van der Waals surface area contributed by atoms with Crippen LogP contribution in [-0.4, -0.2) is 40.7 Å². The van der Waals surface area contributed by atoms with E-state index in [1.807, 2.05) is 41.5 Å². The molecule has 0 saturated heterocycles. The molecule has 0 N–H and O–H groups in total. The van der Waals surface area contributed by atoms with Crippen LogP contribution in [0.4, 0.5) is 0 Å². The first-order chi connectivity index (χ1) is 16.0.